The third-order valence-corrected chi connectivity index (χ3v) is 7.74. The fraction of sp³-hybridized carbons (Fsp3) is 0.318. The third kappa shape index (κ3) is 3.86. The van der Waals surface area contributed by atoms with E-state index in [2.05, 4.69) is 10.6 Å². The zero-order chi connectivity index (χ0) is 22.2. The summed E-state index contributed by atoms with van der Waals surface area (Å²) >= 11 is 0. The maximum absolute atomic E-state index is 13.1. The predicted octanol–water partition coefficient (Wildman–Crippen LogP) is 2.78. The van der Waals surface area contributed by atoms with E-state index in [1.807, 2.05) is 6.92 Å². The van der Waals surface area contributed by atoms with Gasteiger partial charge in [-0.3, -0.25) is 19.7 Å². The van der Waals surface area contributed by atoms with Crippen LogP contribution in [0.5, 0.6) is 0 Å². The van der Waals surface area contributed by atoms with Gasteiger partial charge in [0.2, 0.25) is 10.0 Å². The van der Waals surface area contributed by atoms with Gasteiger partial charge in [0.05, 0.1) is 21.7 Å². The lowest BCUT2D eigenvalue weighted by Gasteiger charge is -2.34. The highest BCUT2D eigenvalue weighted by atomic mass is 32.2. The molecule has 8 nitrogen and oxygen atoms in total. The first-order valence-corrected chi connectivity index (χ1v) is 11.7. The Morgan fingerprint density at radius 2 is 1.84 bits per heavy atom. The van der Waals surface area contributed by atoms with Crippen molar-refractivity contribution in [3.63, 3.8) is 0 Å². The van der Waals surface area contributed by atoms with Crippen LogP contribution in [0.3, 0.4) is 0 Å². The molecule has 31 heavy (non-hydrogen) atoms. The standard InChI is InChI=1S/C22H23N3O5S/c1-2-15-6-3-4-13-25(15)31(29,30)16-11-9-14(10-12-16)20(26)23-18-8-5-7-17-19(18)22(28)24-21(17)27/h5,7-12,15H,2-4,6,13H2,1H3,(H,23,26)(H,24,27,28). The van der Waals surface area contributed by atoms with E-state index in [1.54, 1.807) is 10.4 Å². The van der Waals surface area contributed by atoms with Crippen molar-refractivity contribution in [3.05, 3.63) is 59.2 Å². The minimum atomic E-state index is -3.63. The Kier molecular flexibility index (Phi) is 5.63. The average molecular weight is 442 g/mol. The molecule has 1 unspecified atom stereocenters. The smallest absolute Gasteiger partial charge is 0.261 e. The second-order valence-electron chi connectivity index (χ2n) is 7.66. The number of nitrogens with zero attached hydrogens (tertiary/aromatic N) is 1. The van der Waals surface area contributed by atoms with Gasteiger partial charge in [-0.1, -0.05) is 19.4 Å². The first kappa shape index (κ1) is 21.2. The van der Waals surface area contributed by atoms with Crippen LogP contribution in [-0.4, -0.2) is 43.0 Å². The zero-order valence-corrected chi connectivity index (χ0v) is 17.9. The second kappa shape index (κ2) is 8.24. The monoisotopic (exact) mass is 441 g/mol. The molecule has 2 N–H and O–H groups in total. The molecule has 2 aromatic rings. The van der Waals surface area contributed by atoms with E-state index in [4.69, 9.17) is 0 Å². The molecule has 2 aliphatic heterocycles. The second-order valence-corrected chi connectivity index (χ2v) is 9.55. The molecule has 9 heteroatoms. The van der Waals surface area contributed by atoms with Crippen LogP contribution in [0.25, 0.3) is 0 Å². The molecule has 2 aromatic carbocycles. The average Bonchev–Trinajstić information content (AvgIpc) is 3.08. The molecule has 162 valence electrons. The number of rotatable bonds is 5. The summed E-state index contributed by atoms with van der Waals surface area (Å²) in [5.74, 6) is -1.58. The Morgan fingerprint density at radius 1 is 1.10 bits per heavy atom. The molecule has 0 bridgehead atoms. The highest BCUT2D eigenvalue weighted by Gasteiger charge is 2.33. The highest BCUT2D eigenvalue weighted by molar-refractivity contribution is 7.89. The van der Waals surface area contributed by atoms with Gasteiger partial charge in [-0.05, 0) is 55.7 Å². The van der Waals surface area contributed by atoms with E-state index in [9.17, 15) is 22.8 Å². The van der Waals surface area contributed by atoms with Crippen molar-refractivity contribution in [3.8, 4) is 0 Å². The number of amides is 3. The zero-order valence-electron chi connectivity index (χ0n) is 17.1. The van der Waals surface area contributed by atoms with Gasteiger partial charge in [-0.15, -0.1) is 0 Å². The van der Waals surface area contributed by atoms with Gasteiger partial charge in [0, 0.05) is 18.2 Å². The van der Waals surface area contributed by atoms with Crippen LogP contribution in [0, 0.1) is 0 Å². The Balaban J connectivity index is 1.55. The Morgan fingerprint density at radius 3 is 2.55 bits per heavy atom. The highest BCUT2D eigenvalue weighted by Crippen LogP contribution is 2.28. The first-order valence-electron chi connectivity index (χ1n) is 10.2. The number of benzene rings is 2. The first-order chi connectivity index (χ1) is 14.8. The molecule has 4 rings (SSSR count). The summed E-state index contributed by atoms with van der Waals surface area (Å²) < 4.78 is 27.7. The van der Waals surface area contributed by atoms with Crippen LogP contribution in [0.4, 0.5) is 5.69 Å². The largest absolute Gasteiger partial charge is 0.321 e. The Labute approximate surface area is 180 Å². The van der Waals surface area contributed by atoms with E-state index < -0.39 is 27.7 Å². The molecule has 1 atom stereocenters. The molecule has 0 radical (unpaired) electrons. The van der Waals surface area contributed by atoms with Crippen LogP contribution >= 0.6 is 0 Å². The minimum Gasteiger partial charge on any atom is -0.321 e. The number of nitrogens with one attached hydrogen (secondary N) is 2. The van der Waals surface area contributed by atoms with Crippen molar-refractivity contribution in [1.29, 1.82) is 0 Å². The number of carbonyl (C=O) groups is 3. The molecule has 0 saturated carbocycles. The van der Waals surface area contributed by atoms with Gasteiger partial charge >= 0.3 is 0 Å². The molecule has 2 heterocycles. The van der Waals surface area contributed by atoms with Gasteiger partial charge in [-0.25, -0.2) is 8.42 Å². The van der Waals surface area contributed by atoms with E-state index >= 15 is 0 Å². The van der Waals surface area contributed by atoms with Crippen molar-refractivity contribution in [2.45, 2.75) is 43.5 Å². The fourth-order valence-electron chi connectivity index (χ4n) is 4.13. The summed E-state index contributed by atoms with van der Waals surface area (Å²) in [4.78, 5) is 36.6. The van der Waals surface area contributed by atoms with Gasteiger partial charge in [0.25, 0.3) is 17.7 Å². The molecule has 0 aromatic heterocycles. The maximum Gasteiger partial charge on any atom is 0.261 e. The summed E-state index contributed by atoms with van der Waals surface area (Å²) in [5.41, 5.74) is 0.792. The number of piperidine rings is 1. The molecule has 1 saturated heterocycles. The molecular formula is C22H23N3O5S. The quantitative estimate of drug-likeness (QED) is 0.693. The van der Waals surface area contributed by atoms with E-state index in [0.717, 1.165) is 25.7 Å². The normalized spacial score (nSPS) is 19.1. The van der Waals surface area contributed by atoms with Crippen molar-refractivity contribution < 1.29 is 22.8 Å². The summed E-state index contributed by atoms with van der Waals surface area (Å²) in [6, 6.07) is 10.4. The summed E-state index contributed by atoms with van der Waals surface area (Å²) in [7, 11) is -3.63. The van der Waals surface area contributed by atoms with Gasteiger partial charge < -0.3 is 5.32 Å². The number of imide groups is 1. The van der Waals surface area contributed by atoms with Crippen LogP contribution in [0.1, 0.15) is 63.7 Å². The minimum absolute atomic E-state index is 0.00393. The number of hydrogen-bond donors (Lipinski definition) is 2. The van der Waals surface area contributed by atoms with Crippen LogP contribution in [-0.2, 0) is 10.0 Å². The number of anilines is 1. The van der Waals surface area contributed by atoms with E-state index in [0.29, 0.717) is 6.54 Å². The van der Waals surface area contributed by atoms with Crippen LogP contribution < -0.4 is 10.6 Å². The predicted molar refractivity (Wildman–Crippen MR) is 114 cm³/mol. The number of hydrogen-bond acceptors (Lipinski definition) is 5. The Bertz CT molecular complexity index is 1160. The summed E-state index contributed by atoms with van der Waals surface area (Å²) in [5, 5.41) is 4.83. The van der Waals surface area contributed by atoms with Crippen LogP contribution in [0.15, 0.2) is 47.4 Å². The summed E-state index contributed by atoms with van der Waals surface area (Å²) in [6.07, 6.45) is 3.48. The van der Waals surface area contributed by atoms with E-state index in [-0.39, 0.29) is 33.3 Å². The molecular weight excluding hydrogens is 418 g/mol. The maximum atomic E-state index is 13.1. The molecule has 0 spiro atoms. The van der Waals surface area contributed by atoms with Crippen molar-refractivity contribution in [2.24, 2.45) is 0 Å². The van der Waals surface area contributed by atoms with Gasteiger partial charge in [0.1, 0.15) is 0 Å². The SMILES string of the molecule is CCC1CCCCN1S(=O)(=O)c1ccc(C(=O)Nc2cccc3c2C(=O)NC3=O)cc1. The molecule has 1 fully saturated rings. The Hall–Kier alpha value is -3.04. The number of fused-ring (bicyclic) bond motifs is 1. The van der Waals surface area contributed by atoms with Crippen molar-refractivity contribution >= 4 is 33.4 Å². The van der Waals surface area contributed by atoms with E-state index in [1.165, 1.54) is 36.4 Å². The van der Waals surface area contributed by atoms with Crippen molar-refractivity contribution in [1.82, 2.24) is 9.62 Å². The number of sulfonamides is 1. The molecule has 2 aliphatic rings. The van der Waals surface area contributed by atoms with Crippen LogP contribution in [0.2, 0.25) is 0 Å². The topological polar surface area (TPSA) is 113 Å². The lowest BCUT2D eigenvalue weighted by molar-refractivity contribution is 0.0879. The fourth-order valence-corrected chi connectivity index (χ4v) is 5.90. The lowest BCUT2D eigenvalue weighted by Crippen LogP contribution is -2.43. The third-order valence-electron chi connectivity index (χ3n) is 5.78. The lowest BCUT2D eigenvalue weighted by atomic mass is 10.0. The summed E-state index contributed by atoms with van der Waals surface area (Å²) in [6.45, 7) is 2.49. The van der Waals surface area contributed by atoms with Gasteiger partial charge in [0.15, 0.2) is 0 Å². The van der Waals surface area contributed by atoms with Gasteiger partial charge in [-0.2, -0.15) is 4.31 Å². The molecule has 0 aliphatic carbocycles. The number of carbonyl (C=O) groups excluding carboxylic acids is 3. The van der Waals surface area contributed by atoms with Crippen molar-refractivity contribution in [2.75, 3.05) is 11.9 Å². The molecule has 3 amide bonds.